The van der Waals surface area contributed by atoms with Crippen molar-refractivity contribution >= 4 is 17.0 Å². The number of aliphatic hydroxyl groups excluding tert-OH is 3. The van der Waals surface area contributed by atoms with Crippen LogP contribution in [0.15, 0.2) is 36.9 Å². The number of imidazole rings is 1. The van der Waals surface area contributed by atoms with Gasteiger partial charge in [-0.3, -0.25) is 4.57 Å². The molecule has 0 amide bonds. The molecule has 0 spiro atoms. The molecule has 158 valence electrons. The van der Waals surface area contributed by atoms with E-state index >= 15 is 0 Å². The molecule has 0 bridgehead atoms. The molecule has 2 aromatic heterocycles. The number of aromatic nitrogens is 4. The van der Waals surface area contributed by atoms with E-state index in [0.717, 1.165) is 17.5 Å². The standard InChI is InChI=1S/C20H23N5O5/c26-7-13-15(27)16(28)19(30-13)25-10-24-14-17(22-9-23-18(14)25)21-8-20(29)6-5-11-3-1-2-4-12(11)20/h1-4,9-10,13,15-16,19,26-29H,5-8H2,(H,21,22,23)/t13-,15-,16-,19-,20?/m1/s1. The highest BCUT2D eigenvalue weighted by Crippen LogP contribution is 2.37. The second-order valence-electron chi connectivity index (χ2n) is 7.82. The van der Waals surface area contributed by atoms with E-state index in [9.17, 15) is 20.4 Å². The van der Waals surface area contributed by atoms with Crippen LogP contribution in [0.2, 0.25) is 0 Å². The van der Waals surface area contributed by atoms with E-state index in [1.807, 2.05) is 24.3 Å². The number of hydrogen-bond donors (Lipinski definition) is 5. The molecule has 10 heteroatoms. The Balaban J connectivity index is 1.41. The predicted molar refractivity (Wildman–Crippen MR) is 105 cm³/mol. The molecule has 1 aliphatic carbocycles. The largest absolute Gasteiger partial charge is 0.394 e. The van der Waals surface area contributed by atoms with Crippen molar-refractivity contribution in [2.24, 2.45) is 0 Å². The fourth-order valence-electron chi connectivity index (χ4n) is 4.36. The van der Waals surface area contributed by atoms with Gasteiger partial charge in [-0.15, -0.1) is 0 Å². The smallest absolute Gasteiger partial charge is 0.167 e. The third-order valence-corrected chi connectivity index (χ3v) is 6.02. The maximum atomic E-state index is 11.1. The fraction of sp³-hybridized carbons (Fsp3) is 0.450. The van der Waals surface area contributed by atoms with Crippen LogP contribution in [-0.2, 0) is 16.8 Å². The summed E-state index contributed by atoms with van der Waals surface area (Å²) >= 11 is 0. The van der Waals surface area contributed by atoms with Gasteiger partial charge in [-0.25, -0.2) is 15.0 Å². The molecule has 30 heavy (non-hydrogen) atoms. The number of ether oxygens (including phenoxy) is 1. The molecule has 10 nitrogen and oxygen atoms in total. The quantitative estimate of drug-likeness (QED) is 0.380. The molecule has 1 unspecified atom stereocenters. The van der Waals surface area contributed by atoms with Crippen molar-refractivity contribution in [1.82, 2.24) is 19.5 Å². The molecule has 3 heterocycles. The van der Waals surface area contributed by atoms with Gasteiger partial charge in [0.05, 0.1) is 12.9 Å². The van der Waals surface area contributed by atoms with Gasteiger partial charge >= 0.3 is 0 Å². The van der Waals surface area contributed by atoms with Gasteiger partial charge in [-0.2, -0.15) is 0 Å². The number of nitrogens with one attached hydrogen (secondary N) is 1. The summed E-state index contributed by atoms with van der Waals surface area (Å²) in [4.78, 5) is 12.8. The highest BCUT2D eigenvalue weighted by molar-refractivity contribution is 5.82. The normalized spacial score (nSPS) is 30.7. The van der Waals surface area contributed by atoms with Crippen LogP contribution in [0.3, 0.4) is 0 Å². The molecular formula is C20H23N5O5. The van der Waals surface area contributed by atoms with E-state index < -0.39 is 36.7 Å². The lowest BCUT2D eigenvalue weighted by Gasteiger charge is -2.24. The van der Waals surface area contributed by atoms with Gasteiger partial charge in [-0.1, -0.05) is 24.3 Å². The number of aliphatic hydroxyl groups is 4. The summed E-state index contributed by atoms with van der Waals surface area (Å²) in [5, 5.41) is 44.0. The average Bonchev–Trinajstić information content (AvgIpc) is 3.42. The second kappa shape index (κ2) is 7.25. The zero-order valence-corrected chi connectivity index (χ0v) is 16.1. The Morgan fingerprint density at radius 3 is 2.80 bits per heavy atom. The van der Waals surface area contributed by atoms with Crippen molar-refractivity contribution in [1.29, 1.82) is 0 Å². The summed E-state index contributed by atoms with van der Waals surface area (Å²) in [5.74, 6) is 0.447. The molecule has 1 saturated heterocycles. The SMILES string of the molecule is OC[C@H]1O[C@@H](n2cnc3c(NCC4(O)CCc5ccccc54)ncnc32)[C@H](O)[C@@H]1O. The first-order valence-corrected chi connectivity index (χ1v) is 9.86. The first-order valence-electron chi connectivity index (χ1n) is 9.86. The van der Waals surface area contributed by atoms with Crippen LogP contribution in [0.25, 0.3) is 11.2 Å². The topological polar surface area (TPSA) is 146 Å². The Bertz CT molecular complexity index is 1070. The molecule has 5 N–H and O–H groups in total. The number of rotatable bonds is 5. The molecule has 5 rings (SSSR count). The Morgan fingerprint density at radius 2 is 2.00 bits per heavy atom. The van der Waals surface area contributed by atoms with Gasteiger partial charge in [0.15, 0.2) is 23.2 Å². The number of benzene rings is 1. The molecule has 1 aromatic carbocycles. The summed E-state index contributed by atoms with van der Waals surface area (Å²) in [6, 6.07) is 7.85. The van der Waals surface area contributed by atoms with Crippen LogP contribution in [0.1, 0.15) is 23.8 Å². The molecule has 1 fully saturated rings. The Morgan fingerprint density at radius 1 is 1.17 bits per heavy atom. The van der Waals surface area contributed by atoms with Gasteiger partial charge in [0, 0.05) is 6.54 Å². The van der Waals surface area contributed by atoms with E-state index in [-0.39, 0.29) is 6.54 Å². The van der Waals surface area contributed by atoms with E-state index in [0.29, 0.717) is 23.4 Å². The van der Waals surface area contributed by atoms with Crippen LogP contribution < -0.4 is 5.32 Å². The number of fused-ring (bicyclic) bond motifs is 2. The van der Waals surface area contributed by atoms with Crippen LogP contribution in [0.4, 0.5) is 5.82 Å². The van der Waals surface area contributed by atoms with Crippen LogP contribution in [-0.4, -0.2) is 71.4 Å². The molecule has 1 aliphatic heterocycles. The third kappa shape index (κ3) is 2.96. The molecule has 3 aromatic rings. The van der Waals surface area contributed by atoms with E-state index in [2.05, 4.69) is 20.3 Å². The van der Waals surface area contributed by atoms with E-state index in [1.54, 1.807) is 0 Å². The minimum Gasteiger partial charge on any atom is -0.394 e. The van der Waals surface area contributed by atoms with E-state index in [1.165, 1.54) is 17.2 Å². The molecule has 0 radical (unpaired) electrons. The maximum Gasteiger partial charge on any atom is 0.167 e. The van der Waals surface area contributed by atoms with Gasteiger partial charge < -0.3 is 30.5 Å². The molecular weight excluding hydrogens is 390 g/mol. The molecule has 5 atom stereocenters. The van der Waals surface area contributed by atoms with Crippen LogP contribution in [0, 0.1) is 0 Å². The number of nitrogens with zero attached hydrogens (tertiary/aromatic N) is 4. The minimum atomic E-state index is -1.23. The average molecular weight is 413 g/mol. The van der Waals surface area contributed by atoms with Crippen molar-refractivity contribution in [3.63, 3.8) is 0 Å². The lowest BCUT2D eigenvalue weighted by Crippen LogP contribution is -2.33. The second-order valence-corrected chi connectivity index (χ2v) is 7.82. The highest BCUT2D eigenvalue weighted by Gasteiger charge is 2.44. The number of anilines is 1. The summed E-state index contributed by atoms with van der Waals surface area (Å²) in [6.45, 7) is -0.153. The monoisotopic (exact) mass is 413 g/mol. The fourth-order valence-corrected chi connectivity index (χ4v) is 4.36. The Hall–Kier alpha value is -2.63. The summed E-state index contributed by atoms with van der Waals surface area (Å²) in [6.07, 6.45) is -0.0382. The summed E-state index contributed by atoms with van der Waals surface area (Å²) in [7, 11) is 0. The summed E-state index contributed by atoms with van der Waals surface area (Å²) in [5.41, 5.74) is 1.91. The first kappa shape index (κ1) is 19.3. The van der Waals surface area contributed by atoms with Crippen LogP contribution in [0.5, 0.6) is 0 Å². The minimum absolute atomic E-state index is 0.261. The summed E-state index contributed by atoms with van der Waals surface area (Å²) < 4.78 is 7.08. The van der Waals surface area contributed by atoms with Crippen LogP contribution >= 0.6 is 0 Å². The predicted octanol–water partition coefficient (Wildman–Crippen LogP) is -0.316. The lowest BCUT2D eigenvalue weighted by atomic mass is 9.96. The first-order chi connectivity index (χ1) is 14.5. The van der Waals surface area contributed by atoms with E-state index in [4.69, 9.17) is 4.74 Å². The van der Waals surface area contributed by atoms with Crippen molar-refractivity contribution in [2.45, 2.75) is 43.0 Å². The zero-order chi connectivity index (χ0) is 20.9. The van der Waals surface area contributed by atoms with Crippen molar-refractivity contribution in [2.75, 3.05) is 18.5 Å². The van der Waals surface area contributed by atoms with Gasteiger partial charge in [0.1, 0.15) is 30.2 Å². The molecule has 0 saturated carbocycles. The van der Waals surface area contributed by atoms with Gasteiger partial charge in [0.25, 0.3) is 0 Å². The lowest BCUT2D eigenvalue weighted by molar-refractivity contribution is -0.0511. The van der Waals surface area contributed by atoms with Crippen molar-refractivity contribution in [3.8, 4) is 0 Å². The van der Waals surface area contributed by atoms with Gasteiger partial charge in [0.2, 0.25) is 0 Å². The third-order valence-electron chi connectivity index (χ3n) is 6.02. The Kier molecular flexibility index (Phi) is 4.68. The molecule has 2 aliphatic rings. The zero-order valence-electron chi connectivity index (χ0n) is 16.1. The van der Waals surface area contributed by atoms with Gasteiger partial charge in [-0.05, 0) is 24.0 Å². The van der Waals surface area contributed by atoms with Crippen molar-refractivity contribution < 1.29 is 25.2 Å². The maximum absolute atomic E-state index is 11.1. The number of aryl methyl sites for hydroxylation is 1. The Labute approximate surface area is 171 Å². The van der Waals surface area contributed by atoms with Crippen molar-refractivity contribution in [3.05, 3.63) is 48.0 Å². The highest BCUT2D eigenvalue weighted by atomic mass is 16.6. The number of hydrogen-bond acceptors (Lipinski definition) is 9.